The van der Waals surface area contributed by atoms with E-state index in [1.54, 1.807) is 0 Å². The molecule has 1 heterocycles. The van der Waals surface area contributed by atoms with Crippen LogP contribution in [0.25, 0.3) is 0 Å². The quantitative estimate of drug-likeness (QED) is 0.630. The third-order valence-corrected chi connectivity index (χ3v) is 1.74. The maximum atomic E-state index is 2.34. The first-order valence-electron chi connectivity index (χ1n) is 3.95. The monoisotopic (exact) mass is 196 g/mol. The second kappa shape index (κ2) is 5.50. The normalized spacial score (nSPS) is 15.5. The zero-order valence-corrected chi connectivity index (χ0v) is 8.34. The van der Waals surface area contributed by atoms with Crippen molar-refractivity contribution in [2.45, 2.75) is 19.8 Å². The summed E-state index contributed by atoms with van der Waals surface area (Å²) in [5.41, 5.74) is 0. The van der Waals surface area contributed by atoms with E-state index in [9.17, 15) is 0 Å². The smallest absolute Gasteiger partial charge is 0.0890 e. The third-order valence-electron chi connectivity index (χ3n) is 1.74. The van der Waals surface area contributed by atoms with Gasteiger partial charge in [0.15, 0.2) is 0 Å². The first-order valence-corrected chi connectivity index (χ1v) is 3.95. The molecular formula is C8H16FeN2. The van der Waals surface area contributed by atoms with Crippen LogP contribution in [0.15, 0.2) is 12.4 Å². The predicted octanol–water partition coefficient (Wildman–Crippen LogP) is 1.46. The largest absolute Gasteiger partial charge is 0.362 e. The molecule has 0 unspecified atom stereocenters. The van der Waals surface area contributed by atoms with Crippen LogP contribution in [0.4, 0.5) is 0 Å². The number of unbranched alkanes of at least 4 members (excludes halogenated alkanes) is 1. The number of rotatable bonds is 3. The summed E-state index contributed by atoms with van der Waals surface area (Å²) in [5, 5.41) is 0. The summed E-state index contributed by atoms with van der Waals surface area (Å²) >= 11 is 0. The fourth-order valence-corrected chi connectivity index (χ4v) is 1.10. The van der Waals surface area contributed by atoms with Crippen molar-refractivity contribution in [1.82, 2.24) is 9.80 Å². The van der Waals surface area contributed by atoms with E-state index < -0.39 is 0 Å². The Balaban J connectivity index is 0.000001000. The Hall–Kier alpha value is -0.141. The first kappa shape index (κ1) is 10.9. The molecule has 0 spiro atoms. The van der Waals surface area contributed by atoms with Gasteiger partial charge in [-0.05, 0) is 6.42 Å². The van der Waals surface area contributed by atoms with Crippen molar-refractivity contribution in [3.8, 4) is 0 Å². The molecule has 0 aromatic heterocycles. The molecule has 0 N–H and O–H groups in total. The molecule has 0 radical (unpaired) electrons. The molecule has 2 nitrogen and oxygen atoms in total. The van der Waals surface area contributed by atoms with Gasteiger partial charge in [-0.3, -0.25) is 0 Å². The molecule has 0 fully saturated rings. The van der Waals surface area contributed by atoms with Crippen LogP contribution in [0.1, 0.15) is 19.8 Å². The number of hydrogen-bond acceptors (Lipinski definition) is 2. The van der Waals surface area contributed by atoms with E-state index in [2.05, 4.69) is 36.2 Å². The van der Waals surface area contributed by atoms with E-state index in [-0.39, 0.29) is 17.1 Å². The molecule has 3 heteroatoms. The Labute approximate surface area is 79.7 Å². The minimum absolute atomic E-state index is 0. The molecule has 0 amide bonds. The van der Waals surface area contributed by atoms with Crippen LogP contribution < -0.4 is 0 Å². The summed E-state index contributed by atoms with van der Waals surface area (Å²) in [6.07, 6.45) is 6.87. The van der Waals surface area contributed by atoms with Crippen molar-refractivity contribution in [2.75, 3.05) is 20.3 Å². The average Bonchev–Trinajstić information content (AvgIpc) is 2.31. The summed E-state index contributed by atoms with van der Waals surface area (Å²) in [5.74, 6) is 0. The summed E-state index contributed by atoms with van der Waals surface area (Å²) in [6.45, 7) is 4.50. The van der Waals surface area contributed by atoms with E-state index in [0.29, 0.717) is 0 Å². The number of nitrogens with zero attached hydrogens (tertiary/aromatic N) is 2. The van der Waals surface area contributed by atoms with Gasteiger partial charge in [-0.25, -0.2) is 0 Å². The van der Waals surface area contributed by atoms with Crippen LogP contribution in [0.5, 0.6) is 0 Å². The molecule has 0 saturated carbocycles. The van der Waals surface area contributed by atoms with Crippen molar-refractivity contribution in [2.24, 2.45) is 0 Å². The van der Waals surface area contributed by atoms with Crippen LogP contribution in [-0.4, -0.2) is 30.1 Å². The van der Waals surface area contributed by atoms with E-state index in [4.69, 9.17) is 0 Å². The first-order chi connectivity index (χ1) is 4.83. The van der Waals surface area contributed by atoms with Crippen molar-refractivity contribution in [3.05, 3.63) is 12.4 Å². The van der Waals surface area contributed by atoms with Crippen LogP contribution >= 0.6 is 0 Å². The minimum Gasteiger partial charge on any atom is -0.362 e. The summed E-state index contributed by atoms with van der Waals surface area (Å²) < 4.78 is 0. The molecule has 0 aromatic rings. The zero-order chi connectivity index (χ0) is 7.40. The van der Waals surface area contributed by atoms with Crippen molar-refractivity contribution in [3.63, 3.8) is 0 Å². The van der Waals surface area contributed by atoms with E-state index in [1.165, 1.54) is 19.4 Å². The van der Waals surface area contributed by atoms with Gasteiger partial charge >= 0.3 is 0 Å². The SMILES string of the molecule is CCCCN1C=CN(C)C1.[Fe]. The molecule has 66 valence electrons. The summed E-state index contributed by atoms with van der Waals surface area (Å²) in [4.78, 5) is 4.53. The molecule has 0 atom stereocenters. The Morgan fingerprint density at radius 1 is 1.36 bits per heavy atom. The van der Waals surface area contributed by atoms with Gasteiger partial charge in [0.25, 0.3) is 0 Å². The van der Waals surface area contributed by atoms with Gasteiger partial charge in [0.1, 0.15) is 0 Å². The summed E-state index contributed by atoms with van der Waals surface area (Å²) in [7, 11) is 2.10. The van der Waals surface area contributed by atoms with Crippen LogP contribution in [0.2, 0.25) is 0 Å². The molecule has 11 heavy (non-hydrogen) atoms. The van der Waals surface area contributed by atoms with Gasteiger partial charge in [0, 0.05) is 43.1 Å². The van der Waals surface area contributed by atoms with Crippen LogP contribution in [-0.2, 0) is 17.1 Å². The maximum absolute atomic E-state index is 2.34. The van der Waals surface area contributed by atoms with E-state index in [1.807, 2.05) is 0 Å². The fourth-order valence-electron chi connectivity index (χ4n) is 1.10. The predicted molar refractivity (Wildman–Crippen MR) is 43.4 cm³/mol. The van der Waals surface area contributed by atoms with Gasteiger partial charge in [0.2, 0.25) is 0 Å². The van der Waals surface area contributed by atoms with Crippen LogP contribution in [0, 0.1) is 0 Å². The van der Waals surface area contributed by atoms with E-state index >= 15 is 0 Å². The molecule has 1 aliphatic heterocycles. The Bertz CT molecular complexity index is 125. The fraction of sp³-hybridized carbons (Fsp3) is 0.750. The van der Waals surface area contributed by atoms with Crippen molar-refractivity contribution < 1.29 is 17.1 Å². The van der Waals surface area contributed by atoms with Crippen molar-refractivity contribution >= 4 is 0 Å². The Morgan fingerprint density at radius 3 is 2.55 bits per heavy atom. The standard InChI is InChI=1S/C8H16N2.Fe/c1-3-4-5-10-7-6-9(2)8-10;/h6-7H,3-5,8H2,1-2H3;. The van der Waals surface area contributed by atoms with Gasteiger partial charge < -0.3 is 9.80 Å². The topological polar surface area (TPSA) is 6.48 Å². The molecule has 0 saturated heterocycles. The minimum atomic E-state index is 0. The second-order valence-corrected chi connectivity index (χ2v) is 2.86. The van der Waals surface area contributed by atoms with Gasteiger partial charge in [-0.1, -0.05) is 13.3 Å². The molecule has 0 aliphatic carbocycles. The van der Waals surface area contributed by atoms with Gasteiger partial charge in [-0.2, -0.15) is 0 Å². The Morgan fingerprint density at radius 2 is 2.09 bits per heavy atom. The maximum Gasteiger partial charge on any atom is 0.0890 e. The second-order valence-electron chi connectivity index (χ2n) is 2.86. The zero-order valence-electron chi connectivity index (χ0n) is 7.23. The molecule has 0 bridgehead atoms. The Kier molecular flexibility index (Phi) is 5.43. The molecular weight excluding hydrogens is 180 g/mol. The molecule has 1 rings (SSSR count). The van der Waals surface area contributed by atoms with E-state index in [0.717, 1.165) is 6.67 Å². The third kappa shape index (κ3) is 3.68. The number of hydrogen-bond donors (Lipinski definition) is 0. The molecule has 0 aromatic carbocycles. The molecule has 1 aliphatic rings. The van der Waals surface area contributed by atoms with Crippen molar-refractivity contribution in [1.29, 1.82) is 0 Å². The average molecular weight is 196 g/mol. The van der Waals surface area contributed by atoms with Gasteiger partial charge in [0.05, 0.1) is 6.67 Å². The van der Waals surface area contributed by atoms with Gasteiger partial charge in [-0.15, -0.1) is 0 Å². The van der Waals surface area contributed by atoms with Crippen LogP contribution in [0.3, 0.4) is 0 Å². The summed E-state index contributed by atoms with van der Waals surface area (Å²) in [6, 6.07) is 0.